The Bertz CT molecular complexity index is 1030. The van der Waals surface area contributed by atoms with Crippen LogP contribution in [0.2, 0.25) is 0 Å². The van der Waals surface area contributed by atoms with Gasteiger partial charge >= 0.3 is 7.60 Å². The standard InChI is InChI=1S/C24H34NO5PS/c1-6-20(4)18-24(31(26,29-7-2)30-8-3)25(19-22-12-10-9-11-13-22)32(27,28)23-16-14-21(5)15-17-23/h9-18,20H,6-8,19H2,1-5H3/b24-18-. The molecule has 0 heterocycles. The molecule has 2 rings (SSSR count). The van der Waals surface area contributed by atoms with Crippen LogP contribution in [0.5, 0.6) is 0 Å². The van der Waals surface area contributed by atoms with Crippen molar-refractivity contribution in [3.05, 3.63) is 77.2 Å². The molecule has 32 heavy (non-hydrogen) atoms. The predicted molar refractivity (Wildman–Crippen MR) is 129 cm³/mol. The molecule has 0 fully saturated rings. The number of hydrogen-bond donors (Lipinski definition) is 0. The van der Waals surface area contributed by atoms with Gasteiger partial charge in [-0.05, 0) is 56.9 Å². The van der Waals surface area contributed by atoms with Gasteiger partial charge in [-0.25, -0.2) is 8.42 Å². The number of benzene rings is 2. The molecule has 2 aromatic rings. The molecule has 0 aliphatic carbocycles. The van der Waals surface area contributed by atoms with Crippen molar-refractivity contribution in [1.29, 1.82) is 0 Å². The summed E-state index contributed by atoms with van der Waals surface area (Å²) in [4.78, 5) is 0.119. The van der Waals surface area contributed by atoms with Gasteiger partial charge in [-0.3, -0.25) is 8.87 Å². The summed E-state index contributed by atoms with van der Waals surface area (Å²) in [6.07, 6.45) is 2.45. The molecule has 0 bridgehead atoms. The van der Waals surface area contributed by atoms with Crippen LogP contribution in [-0.4, -0.2) is 25.9 Å². The molecule has 0 aliphatic rings. The number of sulfonamides is 1. The van der Waals surface area contributed by atoms with Gasteiger partial charge in [0, 0.05) is 0 Å². The summed E-state index contributed by atoms with van der Waals surface area (Å²) in [6, 6.07) is 15.8. The Kier molecular flexibility index (Phi) is 9.71. The number of aryl methyl sites for hydroxylation is 1. The van der Waals surface area contributed by atoms with Crippen LogP contribution in [0.25, 0.3) is 0 Å². The van der Waals surface area contributed by atoms with E-state index in [4.69, 9.17) is 9.05 Å². The largest absolute Gasteiger partial charge is 0.377 e. The highest BCUT2D eigenvalue weighted by molar-refractivity contribution is 7.89. The summed E-state index contributed by atoms with van der Waals surface area (Å²) in [5.41, 5.74) is 1.76. The van der Waals surface area contributed by atoms with Crippen LogP contribution >= 0.6 is 7.60 Å². The Morgan fingerprint density at radius 3 is 2.06 bits per heavy atom. The van der Waals surface area contributed by atoms with Gasteiger partial charge in [0.05, 0.1) is 24.7 Å². The van der Waals surface area contributed by atoms with Gasteiger partial charge in [0.25, 0.3) is 10.0 Å². The highest BCUT2D eigenvalue weighted by Crippen LogP contribution is 2.58. The predicted octanol–water partition coefficient (Wildman–Crippen LogP) is 6.34. The molecule has 1 unspecified atom stereocenters. The molecular weight excluding hydrogens is 445 g/mol. The molecule has 0 amide bonds. The quantitative estimate of drug-likeness (QED) is 0.332. The first-order chi connectivity index (χ1) is 15.2. The second-order valence-electron chi connectivity index (χ2n) is 7.55. The Morgan fingerprint density at radius 1 is 1.00 bits per heavy atom. The van der Waals surface area contributed by atoms with E-state index in [1.54, 1.807) is 44.2 Å². The Morgan fingerprint density at radius 2 is 1.56 bits per heavy atom. The average Bonchev–Trinajstić information content (AvgIpc) is 2.77. The molecule has 0 aliphatic heterocycles. The van der Waals surface area contributed by atoms with E-state index in [1.807, 2.05) is 51.1 Å². The molecule has 176 valence electrons. The molecule has 6 nitrogen and oxygen atoms in total. The minimum absolute atomic E-state index is 0.00343. The monoisotopic (exact) mass is 479 g/mol. The zero-order valence-electron chi connectivity index (χ0n) is 19.5. The van der Waals surface area contributed by atoms with Crippen molar-refractivity contribution in [1.82, 2.24) is 4.31 Å². The Hall–Kier alpha value is -1.92. The second kappa shape index (κ2) is 11.8. The smallest absolute Gasteiger partial charge is 0.304 e. The average molecular weight is 480 g/mol. The maximum Gasteiger partial charge on any atom is 0.377 e. The van der Waals surface area contributed by atoms with E-state index < -0.39 is 17.6 Å². The summed E-state index contributed by atoms with van der Waals surface area (Å²) in [7, 11) is -7.96. The van der Waals surface area contributed by atoms with E-state index in [-0.39, 0.29) is 36.0 Å². The number of hydrogen-bond acceptors (Lipinski definition) is 5. The first kappa shape index (κ1) is 26.3. The Balaban J connectivity index is 2.75. The Labute approximate surface area is 192 Å². The lowest BCUT2D eigenvalue weighted by atomic mass is 10.1. The van der Waals surface area contributed by atoms with Gasteiger partial charge < -0.3 is 9.05 Å². The number of rotatable bonds is 12. The van der Waals surface area contributed by atoms with E-state index in [0.717, 1.165) is 17.5 Å². The van der Waals surface area contributed by atoms with Gasteiger partial charge in [0.15, 0.2) is 0 Å². The van der Waals surface area contributed by atoms with Crippen LogP contribution in [0, 0.1) is 12.8 Å². The summed E-state index contributed by atoms with van der Waals surface area (Å²) >= 11 is 0. The topological polar surface area (TPSA) is 72.9 Å². The van der Waals surface area contributed by atoms with Gasteiger partial charge in [-0.2, -0.15) is 0 Å². The minimum atomic E-state index is -4.06. The molecule has 0 saturated heterocycles. The van der Waals surface area contributed by atoms with Crippen molar-refractivity contribution in [2.75, 3.05) is 13.2 Å². The molecule has 0 aromatic heterocycles. The summed E-state index contributed by atoms with van der Waals surface area (Å²) in [6.45, 7) is 9.50. The van der Waals surface area contributed by atoms with Gasteiger partial charge in [-0.1, -0.05) is 61.9 Å². The third-order valence-electron chi connectivity index (χ3n) is 4.99. The lowest BCUT2D eigenvalue weighted by molar-refractivity contribution is 0.219. The SMILES string of the molecule is CCOP(=O)(OCC)/C(=C\C(C)CC)N(Cc1ccccc1)S(=O)(=O)c1ccc(C)cc1. The molecule has 1 atom stereocenters. The fraction of sp³-hybridized carbons (Fsp3) is 0.417. The minimum Gasteiger partial charge on any atom is -0.304 e. The van der Waals surface area contributed by atoms with Crippen molar-refractivity contribution in [3.8, 4) is 0 Å². The molecule has 8 heteroatoms. The molecule has 0 N–H and O–H groups in total. The van der Waals surface area contributed by atoms with E-state index in [9.17, 15) is 13.0 Å². The van der Waals surface area contributed by atoms with Gasteiger partial charge in [-0.15, -0.1) is 0 Å². The van der Waals surface area contributed by atoms with Crippen molar-refractivity contribution in [2.24, 2.45) is 5.92 Å². The zero-order valence-corrected chi connectivity index (χ0v) is 21.2. The summed E-state index contributed by atoms with van der Waals surface area (Å²) in [5, 5.41) is 0. The maximum atomic E-state index is 13.9. The maximum absolute atomic E-state index is 13.9. The molecule has 0 saturated carbocycles. The highest BCUT2D eigenvalue weighted by Gasteiger charge is 2.40. The van der Waals surface area contributed by atoms with E-state index in [1.165, 1.54) is 4.31 Å². The van der Waals surface area contributed by atoms with E-state index in [2.05, 4.69) is 0 Å². The molecule has 2 aromatic carbocycles. The molecule has 0 radical (unpaired) electrons. The van der Waals surface area contributed by atoms with Crippen LogP contribution in [-0.2, 0) is 30.2 Å². The van der Waals surface area contributed by atoms with Crippen molar-refractivity contribution in [2.45, 2.75) is 52.5 Å². The van der Waals surface area contributed by atoms with Gasteiger partial charge in [0.1, 0.15) is 5.44 Å². The third-order valence-corrected chi connectivity index (χ3v) is 9.05. The van der Waals surface area contributed by atoms with Crippen LogP contribution in [0.3, 0.4) is 0 Å². The van der Waals surface area contributed by atoms with E-state index >= 15 is 0 Å². The van der Waals surface area contributed by atoms with Crippen molar-refractivity contribution < 1.29 is 22.0 Å². The third kappa shape index (κ3) is 6.55. The van der Waals surface area contributed by atoms with Crippen LogP contribution in [0.4, 0.5) is 0 Å². The fourth-order valence-corrected chi connectivity index (χ4v) is 6.85. The number of allylic oxidation sites excluding steroid dienone is 1. The summed E-state index contributed by atoms with van der Waals surface area (Å²) < 4.78 is 54.0. The lowest BCUT2D eigenvalue weighted by Crippen LogP contribution is -2.31. The zero-order chi connectivity index (χ0) is 23.8. The summed E-state index contributed by atoms with van der Waals surface area (Å²) in [5.74, 6) is -0.0364. The van der Waals surface area contributed by atoms with Gasteiger partial charge in [0.2, 0.25) is 0 Å². The molecular formula is C24H34NO5PS. The molecule has 0 spiro atoms. The van der Waals surface area contributed by atoms with Crippen LogP contribution < -0.4 is 0 Å². The van der Waals surface area contributed by atoms with Crippen molar-refractivity contribution in [3.63, 3.8) is 0 Å². The highest BCUT2D eigenvalue weighted by atomic mass is 32.2. The van der Waals surface area contributed by atoms with Crippen LogP contribution in [0.1, 0.15) is 45.2 Å². The lowest BCUT2D eigenvalue weighted by Gasteiger charge is -2.31. The van der Waals surface area contributed by atoms with Crippen molar-refractivity contribution >= 4 is 17.6 Å². The fourth-order valence-electron chi connectivity index (χ4n) is 3.07. The number of nitrogens with zero attached hydrogens (tertiary/aromatic N) is 1. The first-order valence-electron chi connectivity index (χ1n) is 10.9. The van der Waals surface area contributed by atoms with E-state index in [0.29, 0.717) is 0 Å². The normalized spacial score (nSPS) is 13.7. The second-order valence-corrected chi connectivity index (χ2v) is 11.4. The van der Waals surface area contributed by atoms with Crippen LogP contribution in [0.15, 0.2) is 71.0 Å². The first-order valence-corrected chi connectivity index (χ1v) is 13.9.